The minimum atomic E-state index is -0.883. The van der Waals surface area contributed by atoms with Crippen molar-refractivity contribution in [1.82, 2.24) is 5.32 Å². The zero-order chi connectivity index (χ0) is 32.4. The van der Waals surface area contributed by atoms with Crippen LogP contribution in [0.2, 0.25) is 0 Å². The number of carbonyl (C=O) groups excluding carboxylic acids is 1. The third-order valence-corrected chi connectivity index (χ3v) is 7.23. The molecule has 1 amide bonds. The van der Waals surface area contributed by atoms with E-state index in [9.17, 15) is 20.1 Å². The van der Waals surface area contributed by atoms with Crippen molar-refractivity contribution in [3.63, 3.8) is 0 Å². The summed E-state index contributed by atoms with van der Waals surface area (Å²) in [7, 11) is 0. The average molecular weight is 612 g/mol. The molecule has 0 saturated carbocycles. The summed E-state index contributed by atoms with van der Waals surface area (Å²) in [6, 6.07) is -0.677. The van der Waals surface area contributed by atoms with Crippen molar-refractivity contribution in [2.75, 3.05) is 6.61 Å². The number of hydrogen-bond acceptors (Lipinski definition) is 4. The lowest BCUT2D eigenvalue weighted by molar-refractivity contribution is -0.122. The van der Waals surface area contributed by atoms with Gasteiger partial charge in [0.2, 0.25) is 5.91 Å². The standard InChI is InChI=1S/C39H65NO4/c1-3-5-7-8-9-10-11-16-19-22-25-29-33-38(43)37(35-41)40-39(44)34-30-26-23-20-17-14-12-13-15-18-21-24-28-32-36(42)31-27-6-4-2/h6,13-15,17,21,23-24,26-29,32-33,36-38,41-43H,3-5,7-12,16,18-20,22,25,30-31,34-35H2,1-2H3,(H,40,44)/b15-13-,17-14-,24-21+,26-23-,27-6-,32-28+,33-29+/t36?,37-,38+/m0/s1. The lowest BCUT2D eigenvalue weighted by Crippen LogP contribution is -2.45. The maximum atomic E-state index is 12.3. The van der Waals surface area contributed by atoms with Gasteiger partial charge in [-0.15, -0.1) is 0 Å². The molecule has 5 heteroatoms. The Balaban J connectivity index is 3.90. The quantitative estimate of drug-likeness (QED) is 0.0386. The van der Waals surface area contributed by atoms with E-state index < -0.39 is 18.2 Å². The summed E-state index contributed by atoms with van der Waals surface area (Å²) in [6.07, 6.45) is 45.7. The molecule has 0 aliphatic rings. The van der Waals surface area contributed by atoms with Gasteiger partial charge < -0.3 is 20.6 Å². The van der Waals surface area contributed by atoms with E-state index >= 15 is 0 Å². The van der Waals surface area contributed by atoms with Gasteiger partial charge in [-0.2, -0.15) is 0 Å². The molecule has 0 fully saturated rings. The summed E-state index contributed by atoms with van der Waals surface area (Å²) < 4.78 is 0. The fourth-order valence-electron chi connectivity index (χ4n) is 4.52. The van der Waals surface area contributed by atoms with Crippen LogP contribution in [-0.2, 0) is 4.79 Å². The first-order valence-electron chi connectivity index (χ1n) is 17.4. The summed E-state index contributed by atoms with van der Waals surface area (Å²) >= 11 is 0. The molecular formula is C39H65NO4. The van der Waals surface area contributed by atoms with Crippen LogP contribution in [-0.4, -0.2) is 46.1 Å². The number of allylic oxidation sites excluding steroid dienone is 11. The third kappa shape index (κ3) is 29.6. The molecule has 0 aliphatic heterocycles. The smallest absolute Gasteiger partial charge is 0.220 e. The van der Waals surface area contributed by atoms with Gasteiger partial charge in [0.15, 0.2) is 0 Å². The molecular weight excluding hydrogens is 546 g/mol. The number of nitrogens with one attached hydrogen (secondary N) is 1. The molecule has 0 aliphatic carbocycles. The van der Waals surface area contributed by atoms with Crippen molar-refractivity contribution in [2.24, 2.45) is 0 Å². The van der Waals surface area contributed by atoms with E-state index in [1.807, 2.05) is 36.5 Å². The van der Waals surface area contributed by atoms with E-state index in [1.54, 1.807) is 12.2 Å². The molecule has 250 valence electrons. The SMILES string of the molecule is CC/C=C\CC(O)/C=C/C=C/C/C=C\C/C=C\C/C=C\CCC(=O)N[C@@H](CO)[C@H](O)/C=C/CCCCCCCCCCCC. The average Bonchev–Trinajstić information content (AvgIpc) is 3.02. The number of rotatable bonds is 29. The second kappa shape index (κ2) is 33.4. The summed E-state index contributed by atoms with van der Waals surface area (Å²) in [6.45, 7) is 4.04. The van der Waals surface area contributed by atoms with Crippen LogP contribution in [0.15, 0.2) is 85.1 Å². The highest BCUT2D eigenvalue weighted by Crippen LogP contribution is 2.11. The van der Waals surface area contributed by atoms with Gasteiger partial charge in [0.25, 0.3) is 0 Å². The Hall–Kier alpha value is -2.47. The number of amides is 1. The second-order valence-electron chi connectivity index (χ2n) is 11.4. The molecule has 0 aromatic heterocycles. The predicted octanol–water partition coefficient (Wildman–Crippen LogP) is 9.14. The van der Waals surface area contributed by atoms with Crippen molar-refractivity contribution in [2.45, 2.75) is 148 Å². The fourth-order valence-corrected chi connectivity index (χ4v) is 4.52. The van der Waals surface area contributed by atoms with Crippen LogP contribution in [0.1, 0.15) is 129 Å². The zero-order valence-corrected chi connectivity index (χ0v) is 28.0. The maximum absolute atomic E-state index is 12.3. The lowest BCUT2D eigenvalue weighted by Gasteiger charge is -2.19. The van der Waals surface area contributed by atoms with Gasteiger partial charge >= 0.3 is 0 Å². The molecule has 0 bridgehead atoms. The Bertz CT molecular complexity index is 852. The van der Waals surface area contributed by atoms with E-state index in [-0.39, 0.29) is 12.5 Å². The Kier molecular flexibility index (Phi) is 31.5. The first kappa shape index (κ1) is 41.5. The number of unbranched alkanes of at least 4 members (excludes halogenated alkanes) is 10. The minimum Gasteiger partial charge on any atom is -0.394 e. The molecule has 0 rings (SSSR count). The first-order chi connectivity index (χ1) is 21.5. The van der Waals surface area contributed by atoms with Crippen molar-refractivity contribution >= 4 is 5.91 Å². The van der Waals surface area contributed by atoms with E-state index in [2.05, 4.69) is 55.6 Å². The van der Waals surface area contributed by atoms with E-state index in [1.165, 1.54) is 57.8 Å². The normalized spacial score (nSPS) is 14.9. The molecule has 3 atom stereocenters. The topological polar surface area (TPSA) is 89.8 Å². The zero-order valence-electron chi connectivity index (χ0n) is 28.0. The molecule has 44 heavy (non-hydrogen) atoms. The predicted molar refractivity (Wildman–Crippen MR) is 189 cm³/mol. The van der Waals surface area contributed by atoms with Crippen LogP contribution in [0.5, 0.6) is 0 Å². The molecule has 0 spiro atoms. The Morgan fingerprint density at radius 1 is 0.636 bits per heavy atom. The number of hydrogen-bond donors (Lipinski definition) is 4. The second-order valence-corrected chi connectivity index (χ2v) is 11.4. The van der Waals surface area contributed by atoms with Crippen molar-refractivity contribution < 1.29 is 20.1 Å². The maximum Gasteiger partial charge on any atom is 0.220 e. The number of aliphatic hydroxyl groups excluding tert-OH is 3. The highest BCUT2D eigenvalue weighted by atomic mass is 16.3. The molecule has 0 radical (unpaired) electrons. The van der Waals surface area contributed by atoms with Crippen LogP contribution in [0.3, 0.4) is 0 Å². The monoisotopic (exact) mass is 611 g/mol. The molecule has 1 unspecified atom stereocenters. The van der Waals surface area contributed by atoms with Crippen LogP contribution < -0.4 is 5.32 Å². The summed E-state index contributed by atoms with van der Waals surface area (Å²) in [5.74, 6) is -0.165. The first-order valence-corrected chi connectivity index (χ1v) is 17.4. The number of carbonyl (C=O) groups is 1. The highest BCUT2D eigenvalue weighted by Gasteiger charge is 2.17. The van der Waals surface area contributed by atoms with E-state index in [0.717, 1.165) is 38.5 Å². The molecule has 0 heterocycles. The van der Waals surface area contributed by atoms with Crippen molar-refractivity contribution in [3.8, 4) is 0 Å². The van der Waals surface area contributed by atoms with Gasteiger partial charge in [-0.25, -0.2) is 0 Å². The Morgan fingerprint density at radius 2 is 1.23 bits per heavy atom. The molecule has 5 nitrogen and oxygen atoms in total. The summed E-state index contributed by atoms with van der Waals surface area (Å²) in [5, 5.41) is 32.5. The fraction of sp³-hybridized carbons (Fsp3) is 0.615. The molecule has 0 aromatic carbocycles. The van der Waals surface area contributed by atoms with Gasteiger partial charge in [0, 0.05) is 6.42 Å². The van der Waals surface area contributed by atoms with Gasteiger partial charge in [-0.05, 0) is 51.4 Å². The number of aliphatic hydroxyl groups is 3. The third-order valence-electron chi connectivity index (χ3n) is 7.23. The molecule has 0 aromatic rings. The summed E-state index contributed by atoms with van der Waals surface area (Å²) in [5.41, 5.74) is 0. The highest BCUT2D eigenvalue weighted by molar-refractivity contribution is 5.76. The van der Waals surface area contributed by atoms with Gasteiger partial charge in [-0.1, -0.05) is 157 Å². The Morgan fingerprint density at radius 3 is 1.84 bits per heavy atom. The molecule has 4 N–H and O–H groups in total. The van der Waals surface area contributed by atoms with Crippen LogP contribution in [0.4, 0.5) is 0 Å². The van der Waals surface area contributed by atoms with Crippen LogP contribution >= 0.6 is 0 Å². The summed E-state index contributed by atoms with van der Waals surface area (Å²) in [4.78, 5) is 12.3. The largest absolute Gasteiger partial charge is 0.394 e. The van der Waals surface area contributed by atoms with Crippen LogP contribution in [0.25, 0.3) is 0 Å². The van der Waals surface area contributed by atoms with Crippen LogP contribution in [0, 0.1) is 0 Å². The van der Waals surface area contributed by atoms with Gasteiger partial charge in [0.1, 0.15) is 0 Å². The van der Waals surface area contributed by atoms with E-state index in [0.29, 0.717) is 19.3 Å². The lowest BCUT2D eigenvalue weighted by atomic mass is 10.1. The van der Waals surface area contributed by atoms with Gasteiger partial charge in [-0.3, -0.25) is 4.79 Å². The minimum absolute atomic E-state index is 0.165. The van der Waals surface area contributed by atoms with Gasteiger partial charge in [0.05, 0.1) is 24.9 Å². The van der Waals surface area contributed by atoms with E-state index in [4.69, 9.17) is 0 Å². The van der Waals surface area contributed by atoms with Crippen molar-refractivity contribution in [1.29, 1.82) is 0 Å². The van der Waals surface area contributed by atoms with Crippen molar-refractivity contribution in [3.05, 3.63) is 85.1 Å². The Labute approximate surface area is 270 Å². The molecule has 0 saturated heterocycles.